The highest BCUT2D eigenvalue weighted by Gasteiger charge is 2.18. The lowest BCUT2D eigenvalue weighted by molar-refractivity contribution is 0.0682. The van der Waals surface area contributed by atoms with Crippen LogP contribution in [0.3, 0.4) is 0 Å². The zero-order chi connectivity index (χ0) is 15.2. The van der Waals surface area contributed by atoms with E-state index >= 15 is 0 Å². The number of carboxylic acid groups (broad SMARTS) is 1. The van der Waals surface area contributed by atoms with Crippen LogP contribution in [0.4, 0.5) is 0 Å². The average molecular weight is 284 g/mol. The molecule has 1 aromatic carbocycles. The Labute approximate surface area is 122 Å². The van der Waals surface area contributed by atoms with Crippen LogP contribution >= 0.6 is 0 Å². The first-order chi connectivity index (χ1) is 10.1. The number of rotatable bonds is 5. The number of aromatic nitrogens is 1. The van der Waals surface area contributed by atoms with Crippen molar-refractivity contribution in [1.29, 1.82) is 0 Å². The van der Waals surface area contributed by atoms with E-state index in [0.29, 0.717) is 13.0 Å². The first-order valence-corrected chi connectivity index (χ1v) is 6.56. The number of hydrogen-bond acceptors (Lipinski definition) is 3. The van der Waals surface area contributed by atoms with E-state index in [-0.39, 0.29) is 17.0 Å². The summed E-state index contributed by atoms with van der Waals surface area (Å²) in [6, 6.07) is 10.0. The van der Waals surface area contributed by atoms with Crippen molar-refractivity contribution in [2.75, 3.05) is 13.6 Å². The van der Waals surface area contributed by atoms with Crippen molar-refractivity contribution < 1.29 is 14.7 Å². The fourth-order valence-electron chi connectivity index (χ4n) is 2.01. The molecule has 0 aliphatic rings. The van der Waals surface area contributed by atoms with Crippen molar-refractivity contribution in [2.24, 2.45) is 0 Å². The first kappa shape index (κ1) is 14.7. The zero-order valence-corrected chi connectivity index (χ0v) is 11.7. The van der Waals surface area contributed by atoms with E-state index in [1.54, 1.807) is 31.6 Å². The highest BCUT2D eigenvalue weighted by molar-refractivity contribution is 6.04. The van der Waals surface area contributed by atoms with Crippen LogP contribution in [0.5, 0.6) is 0 Å². The Morgan fingerprint density at radius 1 is 1.10 bits per heavy atom. The fraction of sp³-hybridized carbons (Fsp3) is 0.188. The third kappa shape index (κ3) is 3.66. The number of aromatic carboxylic acids is 1. The van der Waals surface area contributed by atoms with Crippen LogP contribution in [0.25, 0.3) is 0 Å². The molecule has 0 atom stereocenters. The van der Waals surface area contributed by atoms with Crippen LogP contribution in [0.15, 0.2) is 48.8 Å². The van der Waals surface area contributed by atoms with E-state index < -0.39 is 5.97 Å². The number of nitrogens with zero attached hydrogens (tertiary/aromatic N) is 2. The summed E-state index contributed by atoms with van der Waals surface area (Å²) < 4.78 is 0. The highest BCUT2D eigenvalue weighted by Crippen LogP contribution is 2.12. The Morgan fingerprint density at radius 3 is 2.33 bits per heavy atom. The van der Waals surface area contributed by atoms with Gasteiger partial charge >= 0.3 is 5.97 Å². The second-order valence-corrected chi connectivity index (χ2v) is 4.68. The van der Waals surface area contributed by atoms with E-state index in [1.807, 2.05) is 12.1 Å². The van der Waals surface area contributed by atoms with Gasteiger partial charge in [-0.1, -0.05) is 12.1 Å². The molecule has 2 rings (SSSR count). The van der Waals surface area contributed by atoms with Crippen LogP contribution in [-0.2, 0) is 6.42 Å². The van der Waals surface area contributed by atoms with Crippen LogP contribution < -0.4 is 0 Å². The van der Waals surface area contributed by atoms with Gasteiger partial charge in [0.2, 0.25) is 0 Å². The molecule has 1 heterocycles. The summed E-state index contributed by atoms with van der Waals surface area (Å²) in [7, 11) is 1.67. The van der Waals surface area contributed by atoms with Gasteiger partial charge in [-0.3, -0.25) is 9.78 Å². The molecule has 0 spiro atoms. The quantitative estimate of drug-likeness (QED) is 0.912. The highest BCUT2D eigenvalue weighted by atomic mass is 16.4. The largest absolute Gasteiger partial charge is 0.478 e. The van der Waals surface area contributed by atoms with Crippen molar-refractivity contribution in [3.63, 3.8) is 0 Å². The van der Waals surface area contributed by atoms with Crippen LogP contribution in [0.2, 0.25) is 0 Å². The Kier molecular flexibility index (Phi) is 4.66. The van der Waals surface area contributed by atoms with Gasteiger partial charge < -0.3 is 10.0 Å². The van der Waals surface area contributed by atoms with Crippen molar-refractivity contribution in [1.82, 2.24) is 9.88 Å². The molecule has 0 radical (unpaired) electrons. The average Bonchev–Trinajstić information content (AvgIpc) is 2.52. The summed E-state index contributed by atoms with van der Waals surface area (Å²) in [4.78, 5) is 29.0. The van der Waals surface area contributed by atoms with Gasteiger partial charge in [-0.2, -0.15) is 0 Å². The van der Waals surface area contributed by atoms with Gasteiger partial charge in [0.15, 0.2) is 0 Å². The van der Waals surface area contributed by atoms with Crippen molar-refractivity contribution in [3.05, 3.63) is 65.5 Å². The first-order valence-electron chi connectivity index (χ1n) is 6.56. The number of carbonyl (C=O) groups excluding carboxylic acids is 1. The number of hydrogen-bond donors (Lipinski definition) is 1. The van der Waals surface area contributed by atoms with E-state index in [0.717, 1.165) is 5.56 Å². The SMILES string of the molecule is CN(CCc1ccncc1)C(=O)c1ccccc1C(=O)O. The lowest BCUT2D eigenvalue weighted by Gasteiger charge is -2.18. The summed E-state index contributed by atoms with van der Waals surface area (Å²) >= 11 is 0. The van der Waals surface area contributed by atoms with Gasteiger partial charge in [0, 0.05) is 26.0 Å². The molecule has 1 N–H and O–H groups in total. The van der Waals surface area contributed by atoms with Crippen LogP contribution in [-0.4, -0.2) is 40.5 Å². The number of benzene rings is 1. The molecule has 0 aliphatic heterocycles. The molecule has 0 aliphatic carbocycles. The van der Waals surface area contributed by atoms with Gasteiger partial charge in [-0.25, -0.2) is 4.79 Å². The molecular weight excluding hydrogens is 268 g/mol. The molecular formula is C16H16N2O3. The molecule has 0 fully saturated rings. The third-order valence-electron chi connectivity index (χ3n) is 3.22. The summed E-state index contributed by atoms with van der Waals surface area (Å²) in [6.45, 7) is 0.511. The van der Waals surface area contributed by atoms with Crippen molar-refractivity contribution in [3.8, 4) is 0 Å². The standard InChI is InChI=1S/C16H16N2O3/c1-18(11-8-12-6-9-17-10-7-12)15(19)13-4-2-3-5-14(13)16(20)21/h2-7,9-10H,8,11H2,1H3,(H,20,21). The topological polar surface area (TPSA) is 70.5 Å². The predicted molar refractivity (Wildman–Crippen MR) is 78.3 cm³/mol. The van der Waals surface area contributed by atoms with E-state index in [2.05, 4.69) is 4.98 Å². The molecule has 0 saturated heterocycles. The Bertz CT molecular complexity index is 641. The molecule has 5 nitrogen and oxygen atoms in total. The smallest absolute Gasteiger partial charge is 0.336 e. The van der Waals surface area contributed by atoms with E-state index in [4.69, 9.17) is 5.11 Å². The van der Waals surface area contributed by atoms with Gasteiger partial charge in [0.1, 0.15) is 0 Å². The Balaban J connectivity index is 2.08. The maximum atomic E-state index is 12.3. The molecule has 108 valence electrons. The summed E-state index contributed by atoms with van der Waals surface area (Å²) in [5.41, 5.74) is 1.32. The van der Waals surface area contributed by atoms with Gasteiger partial charge in [0.25, 0.3) is 5.91 Å². The van der Waals surface area contributed by atoms with Gasteiger partial charge in [-0.05, 0) is 36.2 Å². The third-order valence-corrected chi connectivity index (χ3v) is 3.22. The molecule has 1 aromatic heterocycles. The minimum atomic E-state index is -1.10. The van der Waals surface area contributed by atoms with E-state index in [9.17, 15) is 9.59 Å². The molecule has 0 saturated carbocycles. The van der Waals surface area contributed by atoms with Crippen LogP contribution in [0.1, 0.15) is 26.3 Å². The van der Waals surface area contributed by atoms with Crippen molar-refractivity contribution >= 4 is 11.9 Å². The van der Waals surface area contributed by atoms with Gasteiger partial charge in [0.05, 0.1) is 11.1 Å². The summed E-state index contributed by atoms with van der Waals surface area (Å²) in [5.74, 6) is -1.39. The molecule has 21 heavy (non-hydrogen) atoms. The molecule has 1 amide bonds. The molecule has 0 unspecified atom stereocenters. The molecule has 0 bridgehead atoms. The number of carboxylic acids is 1. The lowest BCUT2D eigenvalue weighted by atomic mass is 10.1. The maximum absolute atomic E-state index is 12.3. The Morgan fingerprint density at radius 2 is 1.71 bits per heavy atom. The minimum absolute atomic E-state index is 0.0262. The number of amides is 1. The number of carbonyl (C=O) groups is 2. The Hall–Kier alpha value is -2.69. The fourth-order valence-corrected chi connectivity index (χ4v) is 2.01. The monoisotopic (exact) mass is 284 g/mol. The number of pyridine rings is 1. The lowest BCUT2D eigenvalue weighted by Crippen LogP contribution is -2.30. The second-order valence-electron chi connectivity index (χ2n) is 4.68. The van der Waals surface area contributed by atoms with Crippen LogP contribution in [0, 0.1) is 0 Å². The molecule has 5 heteroatoms. The van der Waals surface area contributed by atoms with Crippen molar-refractivity contribution in [2.45, 2.75) is 6.42 Å². The second kappa shape index (κ2) is 6.65. The van der Waals surface area contributed by atoms with E-state index in [1.165, 1.54) is 17.0 Å². The summed E-state index contributed by atoms with van der Waals surface area (Å²) in [6.07, 6.45) is 4.10. The predicted octanol–water partition coefficient (Wildman–Crippen LogP) is 2.09. The normalized spacial score (nSPS) is 10.1. The van der Waals surface area contributed by atoms with Gasteiger partial charge in [-0.15, -0.1) is 0 Å². The number of likely N-dealkylation sites (N-methyl/N-ethyl adjacent to an activating group) is 1. The maximum Gasteiger partial charge on any atom is 0.336 e. The molecule has 2 aromatic rings. The summed E-state index contributed by atoms with van der Waals surface area (Å²) in [5, 5.41) is 9.13. The minimum Gasteiger partial charge on any atom is -0.478 e. The zero-order valence-electron chi connectivity index (χ0n) is 11.7.